The van der Waals surface area contributed by atoms with Gasteiger partial charge in [-0.25, -0.2) is 0 Å². The Morgan fingerprint density at radius 1 is 1.24 bits per heavy atom. The second-order valence-electron chi connectivity index (χ2n) is 2.92. The molecule has 1 rings (SSSR count). The van der Waals surface area contributed by atoms with Crippen LogP contribution in [0.25, 0.3) is 0 Å². The minimum atomic E-state index is -4.84. The largest absolute Gasteiger partial charge is 0.574 e. The highest BCUT2D eigenvalue weighted by molar-refractivity contribution is 5.42. The van der Waals surface area contributed by atoms with Crippen molar-refractivity contribution in [2.24, 2.45) is 5.73 Å². The van der Waals surface area contributed by atoms with Crippen LogP contribution in [0, 0.1) is 0 Å². The van der Waals surface area contributed by atoms with Gasteiger partial charge in [0.15, 0.2) is 5.75 Å². The zero-order chi connectivity index (χ0) is 13.1. The van der Waals surface area contributed by atoms with Crippen LogP contribution in [0.15, 0.2) is 6.07 Å². The van der Waals surface area contributed by atoms with Crippen molar-refractivity contribution in [2.45, 2.75) is 12.9 Å². The fourth-order valence-electron chi connectivity index (χ4n) is 1.14. The van der Waals surface area contributed by atoms with Crippen LogP contribution in [0.5, 0.6) is 17.5 Å². The molecular weight excluding hydrogens is 241 g/mol. The highest BCUT2D eigenvalue weighted by atomic mass is 19.4. The van der Waals surface area contributed by atoms with Gasteiger partial charge in [-0.1, -0.05) is 0 Å². The molecule has 0 fully saturated rings. The molecular formula is C9H11F3N2O3. The van der Waals surface area contributed by atoms with E-state index in [0.29, 0.717) is 0 Å². The van der Waals surface area contributed by atoms with Crippen molar-refractivity contribution in [3.63, 3.8) is 0 Å². The molecule has 1 heterocycles. The summed E-state index contributed by atoms with van der Waals surface area (Å²) in [7, 11) is 2.59. The molecule has 0 radical (unpaired) electrons. The maximum Gasteiger partial charge on any atom is 0.574 e. The lowest BCUT2D eigenvalue weighted by Gasteiger charge is -2.14. The number of pyridine rings is 1. The van der Waals surface area contributed by atoms with Crippen LogP contribution in [0.2, 0.25) is 0 Å². The number of methoxy groups -OCH3 is 2. The number of ether oxygens (including phenoxy) is 3. The van der Waals surface area contributed by atoms with E-state index < -0.39 is 12.2 Å². The van der Waals surface area contributed by atoms with Gasteiger partial charge in [-0.15, -0.1) is 13.2 Å². The Morgan fingerprint density at radius 3 is 2.29 bits per heavy atom. The Kier molecular flexibility index (Phi) is 4.00. The Hall–Kier alpha value is -1.70. The Bertz CT molecular complexity index is 396. The quantitative estimate of drug-likeness (QED) is 0.878. The van der Waals surface area contributed by atoms with Gasteiger partial charge in [0.1, 0.15) is 0 Å². The van der Waals surface area contributed by atoms with Crippen LogP contribution in [0.4, 0.5) is 13.2 Å². The average molecular weight is 252 g/mol. The highest BCUT2D eigenvalue weighted by Gasteiger charge is 2.33. The number of hydrogen-bond donors (Lipinski definition) is 1. The molecule has 17 heavy (non-hydrogen) atoms. The summed E-state index contributed by atoms with van der Waals surface area (Å²) in [5.41, 5.74) is 5.37. The van der Waals surface area contributed by atoms with Gasteiger partial charge in [-0.2, -0.15) is 4.98 Å². The van der Waals surface area contributed by atoms with Crippen LogP contribution in [0.3, 0.4) is 0 Å². The third-order valence-electron chi connectivity index (χ3n) is 1.84. The number of aromatic nitrogens is 1. The molecule has 1 aromatic heterocycles. The molecule has 0 atom stereocenters. The molecule has 0 amide bonds. The maximum absolute atomic E-state index is 12.1. The van der Waals surface area contributed by atoms with Gasteiger partial charge in [-0.05, 0) is 6.07 Å². The topological polar surface area (TPSA) is 66.6 Å². The SMILES string of the molecule is COc1cc(CN)c(OC(F)(F)F)nc1OC. The van der Waals surface area contributed by atoms with E-state index in [1.807, 2.05) is 0 Å². The van der Waals surface area contributed by atoms with Crippen LogP contribution in [-0.2, 0) is 6.54 Å². The van der Waals surface area contributed by atoms with E-state index in [2.05, 4.69) is 9.72 Å². The zero-order valence-electron chi connectivity index (χ0n) is 9.17. The molecule has 0 unspecified atom stereocenters. The smallest absolute Gasteiger partial charge is 0.491 e. The van der Waals surface area contributed by atoms with Crippen molar-refractivity contribution in [3.8, 4) is 17.5 Å². The summed E-state index contributed by atoms with van der Waals surface area (Å²) in [6.45, 7) is -0.168. The van der Waals surface area contributed by atoms with E-state index in [1.54, 1.807) is 0 Å². The van der Waals surface area contributed by atoms with Crippen molar-refractivity contribution in [3.05, 3.63) is 11.6 Å². The van der Waals surface area contributed by atoms with Gasteiger partial charge in [0.2, 0.25) is 5.88 Å². The lowest BCUT2D eigenvalue weighted by Crippen LogP contribution is -2.20. The molecule has 8 heteroatoms. The van der Waals surface area contributed by atoms with E-state index >= 15 is 0 Å². The molecule has 0 spiro atoms. The lowest BCUT2D eigenvalue weighted by molar-refractivity contribution is -0.276. The van der Waals surface area contributed by atoms with Gasteiger partial charge < -0.3 is 19.9 Å². The van der Waals surface area contributed by atoms with Crippen molar-refractivity contribution in [1.29, 1.82) is 0 Å². The summed E-state index contributed by atoms with van der Waals surface area (Å²) < 4.78 is 49.7. The molecule has 2 N–H and O–H groups in total. The minimum Gasteiger partial charge on any atom is -0.491 e. The number of halogens is 3. The maximum atomic E-state index is 12.1. The summed E-state index contributed by atoms with van der Waals surface area (Å²) in [4.78, 5) is 3.55. The summed E-state index contributed by atoms with van der Waals surface area (Å²) in [5, 5.41) is 0. The lowest BCUT2D eigenvalue weighted by atomic mass is 10.2. The predicted molar refractivity (Wildman–Crippen MR) is 51.9 cm³/mol. The van der Waals surface area contributed by atoms with Gasteiger partial charge in [0.05, 0.1) is 14.2 Å². The van der Waals surface area contributed by atoms with Crippen molar-refractivity contribution >= 4 is 0 Å². The minimum absolute atomic E-state index is 0.0694. The number of nitrogens with two attached hydrogens (primary N) is 1. The van der Waals surface area contributed by atoms with E-state index in [9.17, 15) is 13.2 Å². The third kappa shape index (κ3) is 3.38. The first-order valence-corrected chi connectivity index (χ1v) is 4.49. The molecule has 0 saturated carbocycles. The second kappa shape index (κ2) is 5.09. The fraction of sp³-hybridized carbons (Fsp3) is 0.444. The fourth-order valence-corrected chi connectivity index (χ4v) is 1.14. The highest BCUT2D eigenvalue weighted by Crippen LogP contribution is 2.33. The summed E-state index contributed by atoms with van der Waals surface area (Å²) in [5.74, 6) is -0.566. The molecule has 0 bridgehead atoms. The monoisotopic (exact) mass is 252 g/mol. The molecule has 0 aromatic carbocycles. The number of nitrogens with zero attached hydrogens (tertiary/aromatic N) is 1. The number of alkyl halides is 3. The van der Waals surface area contributed by atoms with Crippen LogP contribution in [-0.4, -0.2) is 25.6 Å². The molecule has 0 aliphatic heterocycles. The Labute approximate surface area is 95.3 Å². The van der Waals surface area contributed by atoms with Gasteiger partial charge in [0, 0.05) is 12.1 Å². The van der Waals surface area contributed by atoms with E-state index in [0.717, 1.165) is 0 Å². The summed E-state index contributed by atoms with van der Waals surface area (Å²) in [6.07, 6.45) is -4.84. The Balaban J connectivity index is 3.19. The molecule has 0 aliphatic carbocycles. The third-order valence-corrected chi connectivity index (χ3v) is 1.84. The van der Waals surface area contributed by atoms with Gasteiger partial charge in [-0.3, -0.25) is 0 Å². The second-order valence-corrected chi connectivity index (χ2v) is 2.92. The van der Waals surface area contributed by atoms with Crippen molar-refractivity contribution < 1.29 is 27.4 Å². The zero-order valence-corrected chi connectivity index (χ0v) is 9.17. The average Bonchev–Trinajstić information content (AvgIpc) is 2.26. The first-order valence-electron chi connectivity index (χ1n) is 4.49. The molecule has 0 saturated heterocycles. The van der Waals surface area contributed by atoms with Crippen LogP contribution >= 0.6 is 0 Å². The van der Waals surface area contributed by atoms with Crippen LogP contribution in [0.1, 0.15) is 5.56 Å². The Morgan fingerprint density at radius 2 is 1.88 bits per heavy atom. The molecule has 1 aromatic rings. The molecule has 0 aliphatic rings. The number of hydrogen-bond acceptors (Lipinski definition) is 5. The van der Waals surface area contributed by atoms with E-state index in [1.165, 1.54) is 20.3 Å². The van der Waals surface area contributed by atoms with Gasteiger partial charge >= 0.3 is 6.36 Å². The van der Waals surface area contributed by atoms with E-state index in [-0.39, 0.29) is 23.7 Å². The predicted octanol–water partition coefficient (Wildman–Crippen LogP) is 1.46. The molecule has 96 valence electrons. The number of rotatable bonds is 4. The van der Waals surface area contributed by atoms with E-state index in [4.69, 9.17) is 15.2 Å². The standard InChI is InChI=1S/C9H11F3N2O3/c1-15-6-3-5(4-13)7(14-8(6)16-2)17-9(10,11)12/h3H,4,13H2,1-2H3. The first-order chi connectivity index (χ1) is 7.91. The van der Waals surface area contributed by atoms with Crippen LogP contribution < -0.4 is 19.9 Å². The summed E-state index contributed by atoms with van der Waals surface area (Å²) >= 11 is 0. The van der Waals surface area contributed by atoms with Crippen molar-refractivity contribution in [2.75, 3.05) is 14.2 Å². The van der Waals surface area contributed by atoms with Gasteiger partial charge in [0.25, 0.3) is 5.88 Å². The molecule has 5 nitrogen and oxygen atoms in total. The van der Waals surface area contributed by atoms with Crippen molar-refractivity contribution in [1.82, 2.24) is 4.98 Å². The normalized spacial score (nSPS) is 11.2. The summed E-state index contributed by atoms with van der Waals surface area (Å²) in [6, 6.07) is 1.28. The first kappa shape index (κ1) is 13.4.